The van der Waals surface area contributed by atoms with Crippen molar-refractivity contribution in [2.75, 3.05) is 6.54 Å². The number of non-ortho nitro benzene ring substituents is 1. The third-order valence-electron chi connectivity index (χ3n) is 2.76. The lowest BCUT2D eigenvalue weighted by Crippen LogP contribution is -2.36. The lowest BCUT2D eigenvalue weighted by Gasteiger charge is -2.19. The number of benzene rings is 1. The molecule has 19 heavy (non-hydrogen) atoms. The van der Waals surface area contributed by atoms with Crippen LogP contribution < -0.4 is 4.74 Å². The Bertz CT molecular complexity index is 496. The first-order valence-corrected chi connectivity index (χ1v) is 5.83. The lowest BCUT2D eigenvalue weighted by atomic mass is 10.3. The molecule has 0 aromatic heterocycles. The van der Waals surface area contributed by atoms with Gasteiger partial charge in [0.15, 0.2) is 0 Å². The highest BCUT2D eigenvalue weighted by atomic mass is 16.6. The van der Waals surface area contributed by atoms with Gasteiger partial charge in [-0.2, -0.15) is 0 Å². The van der Waals surface area contributed by atoms with E-state index in [9.17, 15) is 14.9 Å². The Hall–Kier alpha value is -2.44. The largest absolute Gasteiger partial charge is 0.415 e. The van der Waals surface area contributed by atoms with E-state index in [1.165, 1.54) is 29.2 Å². The van der Waals surface area contributed by atoms with Gasteiger partial charge in [-0.25, -0.2) is 4.79 Å². The van der Waals surface area contributed by atoms with E-state index in [1.807, 2.05) is 0 Å². The van der Waals surface area contributed by atoms with E-state index in [0.717, 1.165) is 19.1 Å². The molecule has 1 aromatic rings. The van der Waals surface area contributed by atoms with Crippen molar-refractivity contribution >= 4 is 18.0 Å². The van der Waals surface area contributed by atoms with Crippen LogP contribution in [-0.2, 0) is 0 Å². The quantitative estimate of drug-likeness (QED) is 0.500. The monoisotopic (exact) mass is 263 g/mol. The minimum absolute atomic E-state index is 0.0571. The first-order valence-electron chi connectivity index (χ1n) is 5.83. The molecule has 1 aliphatic rings. The van der Waals surface area contributed by atoms with Crippen LogP contribution in [0.5, 0.6) is 5.75 Å². The van der Waals surface area contributed by atoms with E-state index in [1.54, 1.807) is 0 Å². The number of nitrogens with one attached hydrogen (secondary N) is 1. The van der Waals surface area contributed by atoms with Crippen molar-refractivity contribution in [1.82, 2.24) is 4.90 Å². The van der Waals surface area contributed by atoms with Gasteiger partial charge in [-0.15, -0.1) is 0 Å². The standard InChI is InChI=1S/C12H13N3O4/c13-7-8-14(9-1-2-9)12(16)19-11-5-3-10(4-6-11)15(17)18/h3-7,9,13H,1-2,8H2. The Morgan fingerprint density at radius 1 is 1.47 bits per heavy atom. The molecule has 0 unspecified atom stereocenters. The van der Waals surface area contributed by atoms with Crippen LogP contribution in [-0.4, -0.2) is 34.7 Å². The first kappa shape index (κ1) is 13.0. The van der Waals surface area contributed by atoms with Crippen LogP contribution in [0.4, 0.5) is 10.5 Å². The van der Waals surface area contributed by atoms with Crippen molar-refractivity contribution < 1.29 is 14.5 Å². The molecule has 7 nitrogen and oxygen atoms in total. The van der Waals surface area contributed by atoms with Crippen LogP contribution in [0.1, 0.15) is 12.8 Å². The average molecular weight is 263 g/mol. The highest BCUT2D eigenvalue weighted by Crippen LogP contribution is 2.27. The second-order valence-electron chi connectivity index (χ2n) is 4.21. The molecule has 0 atom stereocenters. The predicted octanol–water partition coefficient (Wildman–Crippen LogP) is 2.21. The smallest absolute Gasteiger partial charge is 0.410 e. The highest BCUT2D eigenvalue weighted by Gasteiger charge is 2.33. The fourth-order valence-corrected chi connectivity index (χ4v) is 1.65. The van der Waals surface area contributed by atoms with Crippen molar-refractivity contribution in [3.05, 3.63) is 34.4 Å². The van der Waals surface area contributed by atoms with Gasteiger partial charge in [0.2, 0.25) is 0 Å². The van der Waals surface area contributed by atoms with Gasteiger partial charge in [0.1, 0.15) is 5.75 Å². The number of amides is 1. The maximum absolute atomic E-state index is 11.9. The van der Waals surface area contributed by atoms with Gasteiger partial charge in [-0.3, -0.25) is 15.0 Å². The van der Waals surface area contributed by atoms with Gasteiger partial charge in [-0.1, -0.05) is 0 Å². The number of nitro benzene ring substituents is 1. The first-order chi connectivity index (χ1) is 9.11. The van der Waals surface area contributed by atoms with Crippen molar-refractivity contribution in [1.29, 1.82) is 5.41 Å². The van der Waals surface area contributed by atoms with Crippen LogP contribution in [0.3, 0.4) is 0 Å². The summed E-state index contributed by atoms with van der Waals surface area (Å²) in [6.07, 6.45) is 2.46. The SMILES string of the molecule is N=CCN(C(=O)Oc1ccc([N+](=O)[O-])cc1)C1CC1. The number of hydrogen-bond acceptors (Lipinski definition) is 5. The molecule has 1 saturated carbocycles. The summed E-state index contributed by atoms with van der Waals surface area (Å²) in [5, 5.41) is 17.5. The van der Waals surface area contributed by atoms with Crippen molar-refractivity contribution in [2.45, 2.75) is 18.9 Å². The van der Waals surface area contributed by atoms with Gasteiger partial charge >= 0.3 is 6.09 Å². The maximum Gasteiger partial charge on any atom is 0.415 e. The molecule has 7 heteroatoms. The highest BCUT2D eigenvalue weighted by molar-refractivity contribution is 5.75. The third kappa shape index (κ3) is 3.27. The molecule has 0 radical (unpaired) electrons. The molecule has 1 aliphatic carbocycles. The summed E-state index contributed by atoms with van der Waals surface area (Å²) < 4.78 is 5.13. The molecule has 1 aromatic carbocycles. The van der Waals surface area contributed by atoms with E-state index in [4.69, 9.17) is 10.1 Å². The minimum atomic E-state index is -0.528. The second-order valence-corrected chi connectivity index (χ2v) is 4.21. The Balaban J connectivity index is 2.00. The molecule has 0 saturated heterocycles. The van der Waals surface area contributed by atoms with E-state index >= 15 is 0 Å². The molecule has 100 valence electrons. The number of carbonyl (C=O) groups is 1. The normalized spacial score (nSPS) is 13.7. The fourth-order valence-electron chi connectivity index (χ4n) is 1.65. The van der Waals surface area contributed by atoms with Crippen LogP contribution in [0.25, 0.3) is 0 Å². The van der Waals surface area contributed by atoms with Crippen molar-refractivity contribution in [2.24, 2.45) is 0 Å². The number of nitro groups is 1. The number of carbonyl (C=O) groups excluding carboxylic acids is 1. The van der Waals surface area contributed by atoms with Crippen LogP contribution in [0.15, 0.2) is 24.3 Å². The van der Waals surface area contributed by atoms with Crippen molar-refractivity contribution in [3.63, 3.8) is 0 Å². The Kier molecular flexibility index (Phi) is 3.74. The predicted molar refractivity (Wildman–Crippen MR) is 67.6 cm³/mol. The zero-order valence-electron chi connectivity index (χ0n) is 10.1. The topological polar surface area (TPSA) is 96.5 Å². The maximum atomic E-state index is 11.9. The average Bonchev–Trinajstić information content (AvgIpc) is 3.20. The molecule has 1 N–H and O–H groups in total. The van der Waals surface area contributed by atoms with Crippen LogP contribution in [0, 0.1) is 15.5 Å². The van der Waals surface area contributed by atoms with Gasteiger partial charge in [0, 0.05) is 24.4 Å². The summed E-state index contributed by atoms with van der Waals surface area (Å²) >= 11 is 0. The van der Waals surface area contributed by atoms with Crippen LogP contribution >= 0.6 is 0 Å². The number of nitrogens with zero attached hydrogens (tertiary/aromatic N) is 2. The third-order valence-corrected chi connectivity index (χ3v) is 2.76. The number of ether oxygens (including phenoxy) is 1. The van der Waals surface area contributed by atoms with Gasteiger partial charge in [0.25, 0.3) is 5.69 Å². The summed E-state index contributed by atoms with van der Waals surface area (Å²) in [6, 6.07) is 5.46. The van der Waals surface area contributed by atoms with E-state index < -0.39 is 11.0 Å². The van der Waals surface area contributed by atoms with Gasteiger partial charge < -0.3 is 10.1 Å². The van der Waals surface area contributed by atoms with E-state index in [-0.39, 0.29) is 24.0 Å². The zero-order chi connectivity index (χ0) is 13.8. The molecule has 1 amide bonds. The second kappa shape index (κ2) is 5.47. The Morgan fingerprint density at radius 3 is 2.58 bits per heavy atom. The molecular weight excluding hydrogens is 250 g/mol. The minimum Gasteiger partial charge on any atom is -0.410 e. The Morgan fingerprint density at radius 2 is 2.11 bits per heavy atom. The summed E-state index contributed by atoms with van der Waals surface area (Å²) in [7, 11) is 0. The van der Waals surface area contributed by atoms with Gasteiger partial charge in [0.05, 0.1) is 11.5 Å². The molecule has 0 spiro atoms. The molecule has 0 heterocycles. The number of rotatable bonds is 5. The van der Waals surface area contributed by atoms with Gasteiger partial charge in [-0.05, 0) is 25.0 Å². The molecule has 0 bridgehead atoms. The fraction of sp³-hybridized carbons (Fsp3) is 0.333. The van der Waals surface area contributed by atoms with Crippen LogP contribution in [0.2, 0.25) is 0 Å². The molecule has 1 fully saturated rings. The summed E-state index contributed by atoms with van der Waals surface area (Å²) in [4.78, 5) is 23.3. The molecule has 0 aliphatic heterocycles. The Labute approximate surface area is 109 Å². The zero-order valence-corrected chi connectivity index (χ0v) is 10.1. The summed E-state index contributed by atoms with van der Waals surface area (Å²) in [5.41, 5.74) is -0.0571. The molecular formula is C12H13N3O4. The summed E-state index contributed by atoms with van der Waals surface area (Å²) in [6.45, 7) is 0.219. The molecule has 2 rings (SSSR count). The summed E-state index contributed by atoms with van der Waals surface area (Å²) in [5.74, 6) is 0.256. The van der Waals surface area contributed by atoms with E-state index in [2.05, 4.69) is 0 Å². The van der Waals surface area contributed by atoms with E-state index in [0.29, 0.717) is 0 Å². The number of hydrogen-bond donors (Lipinski definition) is 1. The van der Waals surface area contributed by atoms with Crippen molar-refractivity contribution in [3.8, 4) is 5.75 Å². The lowest BCUT2D eigenvalue weighted by molar-refractivity contribution is -0.384.